The first kappa shape index (κ1) is 18.2. The van der Waals surface area contributed by atoms with Gasteiger partial charge in [0.25, 0.3) is 0 Å². The maximum atomic E-state index is 12.0. The molecule has 3 aromatic rings. The number of amides is 2. The quantitative estimate of drug-likeness (QED) is 0.528. The van der Waals surface area contributed by atoms with E-state index in [9.17, 15) is 4.79 Å². The first-order valence-corrected chi connectivity index (χ1v) is 8.59. The summed E-state index contributed by atoms with van der Waals surface area (Å²) in [4.78, 5) is 20.4. The Morgan fingerprint density at radius 1 is 1.19 bits per heavy atom. The zero-order valence-electron chi connectivity index (χ0n) is 14.9. The van der Waals surface area contributed by atoms with Crippen LogP contribution in [-0.4, -0.2) is 45.5 Å². The third-order valence-electron chi connectivity index (χ3n) is 3.54. The highest BCUT2D eigenvalue weighted by Crippen LogP contribution is 2.23. The number of hydrogen-bond donors (Lipinski definition) is 3. The van der Waals surface area contributed by atoms with Crippen LogP contribution in [0, 0.1) is 0 Å². The lowest BCUT2D eigenvalue weighted by molar-refractivity contribution is 0.252. The first-order valence-electron chi connectivity index (χ1n) is 8.59. The summed E-state index contributed by atoms with van der Waals surface area (Å²) in [5, 5.41) is 12.8. The SMILES string of the molecule is CCOc1ccccc1NC(=O)NCCNc1cc(-n2cccn2)ncn1. The van der Waals surface area contributed by atoms with Crippen molar-refractivity contribution in [3.8, 4) is 11.6 Å². The topological polar surface area (TPSA) is 106 Å². The Labute approximate surface area is 156 Å². The lowest BCUT2D eigenvalue weighted by atomic mass is 10.3. The van der Waals surface area contributed by atoms with Gasteiger partial charge in [-0.2, -0.15) is 5.10 Å². The second-order valence-corrected chi connectivity index (χ2v) is 5.45. The lowest BCUT2D eigenvalue weighted by Gasteiger charge is -2.12. The summed E-state index contributed by atoms with van der Waals surface area (Å²) >= 11 is 0. The molecule has 3 rings (SSSR count). The molecular weight excluding hydrogens is 346 g/mol. The number of nitrogens with one attached hydrogen (secondary N) is 3. The van der Waals surface area contributed by atoms with Crippen molar-refractivity contribution < 1.29 is 9.53 Å². The Morgan fingerprint density at radius 2 is 2.07 bits per heavy atom. The van der Waals surface area contributed by atoms with Gasteiger partial charge in [-0.05, 0) is 25.1 Å². The van der Waals surface area contributed by atoms with E-state index >= 15 is 0 Å². The van der Waals surface area contributed by atoms with E-state index < -0.39 is 0 Å². The summed E-state index contributed by atoms with van der Waals surface area (Å²) in [7, 11) is 0. The van der Waals surface area contributed by atoms with E-state index in [1.807, 2.05) is 31.2 Å². The van der Waals surface area contributed by atoms with E-state index in [1.165, 1.54) is 6.33 Å². The maximum absolute atomic E-state index is 12.0. The van der Waals surface area contributed by atoms with Crippen molar-refractivity contribution in [3.05, 3.63) is 55.1 Å². The molecular formula is C18H21N7O2. The van der Waals surface area contributed by atoms with Crippen molar-refractivity contribution in [2.24, 2.45) is 0 Å². The molecule has 0 aliphatic carbocycles. The zero-order chi connectivity index (χ0) is 18.9. The van der Waals surface area contributed by atoms with E-state index in [1.54, 1.807) is 29.2 Å². The second-order valence-electron chi connectivity index (χ2n) is 5.45. The van der Waals surface area contributed by atoms with Crippen molar-refractivity contribution in [2.75, 3.05) is 30.3 Å². The number of nitrogens with zero attached hydrogens (tertiary/aromatic N) is 4. The average Bonchev–Trinajstić information content (AvgIpc) is 3.22. The fourth-order valence-corrected chi connectivity index (χ4v) is 2.36. The summed E-state index contributed by atoms with van der Waals surface area (Å²) in [6, 6.07) is 10.6. The van der Waals surface area contributed by atoms with Crippen molar-refractivity contribution >= 4 is 17.5 Å². The highest BCUT2D eigenvalue weighted by Gasteiger charge is 2.06. The largest absolute Gasteiger partial charge is 0.492 e. The fraction of sp³-hybridized carbons (Fsp3) is 0.222. The molecule has 27 heavy (non-hydrogen) atoms. The number of hydrogen-bond acceptors (Lipinski definition) is 6. The normalized spacial score (nSPS) is 10.3. The molecule has 140 valence electrons. The third kappa shape index (κ3) is 5.18. The Bertz CT molecular complexity index is 868. The Morgan fingerprint density at radius 3 is 2.89 bits per heavy atom. The molecule has 0 saturated heterocycles. The van der Waals surface area contributed by atoms with Gasteiger partial charge in [-0.3, -0.25) is 0 Å². The molecule has 0 bridgehead atoms. The van der Waals surface area contributed by atoms with Crippen molar-refractivity contribution in [1.82, 2.24) is 25.1 Å². The second kappa shape index (κ2) is 9.18. The minimum Gasteiger partial charge on any atom is -0.492 e. The van der Waals surface area contributed by atoms with Crippen LogP contribution in [0.15, 0.2) is 55.1 Å². The molecule has 2 amide bonds. The van der Waals surface area contributed by atoms with E-state index in [-0.39, 0.29) is 6.03 Å². The van der Waals surface area contributed by atoms with Crippen molar-refractivity contribution in [1.29, 1.82) is 0 Å². The minimum atomic E-state index is -0.302. The number of benzene rings is 1. The molecule has 2 heterocycles. The van der Waals surface area contributed by atoms with Crippen LogP contribution in [0.1, 0.15) is 6.92 Å². The zero-order valence-corrected chi connectivity index (χ0v) is 14.9. The van der Waals surface area contributed by atoms with Gasteiger partial charge in [0.05, 0.1) is 12.3 Å². The van der Waals surface area contributed by atoms with E-state index in [4.69, 9.17) is 4.74 Å². The predicted molar refractivity (Wildman–Crippen MR) is 102 cm³/mol. The number of aromatic nitrogens is 4. The van der Waals surface area contributed by atoms with E-state index in [2.05, 4.69) is 31.0 Å². The number of urea groups is 1. The minimum absolute atomic E-state index is 0.302. The van der Waals surface area contributed by atoms with Gasteiger partial charge in [-0.15, -0.1) is 0 Å². The third-order valence-corrected chi connectivity index (χ3v) is 3.54. The summed E-state index contributed by atoms with van der Waals surface area (Å²) in [6.07, 6.45) is 4.95. The van der Waals surface area contributed by atoms with E-state index in [0.29, 0.717) is 42.8 Å². The van der Waals surface area contributed by atoms with Gasteiger partial charge in [-0.1, -0.05) is 12.1 Å². The number of carbonyl (C=O) groups excluding carboxylic acids is 1. The van der Waals surface area contributed by atoms with Crippen LogP contribution in [0.3, 0.4) is 0 Å². The van der Waals surface area contributed by atoms with Gasteiger partial charge in [0, 0.05) is 31.5 Å². The van der Waals surface area contributed by atoms with Crippen LogP contribution >= 0.6 is 0 Å². The number of rotatable bonds is 8. The maximum Gasteiger partial charge on any atom is 0.319 e. The number of ether oxygens (including phenoxy) is 1. The number of para-hydroxylation sites is 2. The van der Waals surface area contributed by atoms with Gasteiger partial charge >= 0.3 is 6.03 Å². The summed E-state index contributed by atoms with van der Waals surface area (Å²) in [5.41, 5.74) is 0.629. The molecule has 0 spiro atoms. The van der Waals surface area contributed by atoms with Crippen LogP contribution in [0.2, 0.25) is 0 Å². The molecule has 1 aromatic carbocycles. The molecule has 9 heteroatoms. The van der Waals surface area contributed by atoms with Crippen LogP contribution in [0.4, 0.5) is 16.3 Å². The van der Waals surface area contributed by atoms with Gasteiger partial charge in [0.15, 0.2) is 5.82 Å². The standard InChI is InChI=1S/C18H21N7O2/c1-2-27-15-7-4-3-6-14(15)24-18(26)20-10-9-19-16-12-17(22-13-21-16)25-11-5-8-23-25/h3-8,11-13H,2,9-10H2,1H3,(H,19,21,22)(H2,20,24,26). The molecule has 0 atom stereocenters. The Hall–Kier alpha value is -3.62. The molecule has 0 radical (unpaired) electrons. The highest BCUT2D eigenvalue weighted by atomic mass is 16.5. The molecule has 0 saturated carbocycles. The van der Waals surface area contributed by atoms with Gasteiger partial charge in [0.1, 0.15) is 17.9 Å². The molecule has 2 aromatic heterocycles. The van der Waals surface area contributed by atoms with Crippen LogP contribution in [-0.2, 0) is 0 Å². The molecule has 0 aliphatic heterocycles. The predicted octanol–water partition coefficient (Wildman–Crippen LogP) is 2.29. The number of anilines is 2. The smallest absolute Gasteiger partial charge is 0.319 e. The molecule has 0 fully saturated rings. The number of carbonyl (C=O) groups is 1. The van der Waals surface area contributed by atoms with Crippen LogP contribution in [0.5, 0.6) is 5.75 Å². The molecule has 3 N–H and O–H groups in total. The summed E-state index contributed by atoms with van der Waals surface area (Å²) in [6.45, 7) is 3.36. The first-order chi connectivity index (χ1) is 13.3. The van der Waals surface area contributed by atoms with Gasteiger partial charge in [0.2, 0.25) is 0 Å². The van der Waals surface area contributed by atoms with Crippen LogP contribution < -0.4 is 20.7 Å². The van der Waals surface area contributed by atoms with Crippen molar-refractivity contribution in [2.45, 2.75) is 6.92 Å². The van der Waals surface area contributed by atoms with E-state index in [0.717, 1.165) is 0 Å². The van der Waals surface area contributed by atoms with Crippen molar-refractivity contribution in [3.63, 3.8) is 0 Å². The average molecular weight is 367 g/mol. The lowest BCUT2D eigenvalue weighted by Crippen LogP contribution is -2.32. The van der Waals surface area contributed by atoms with Gasteiger partial charge < -0.3 is 20.7 Å². The monoisotopic (exact) mass is 367 g/mol. The Kier molecular flexibility index (Phi) is 6.18. The van der Waals surface area contributed by atoms with Gasteiger partial charge in [-0.25, -0.2) is 19.4 Å². The molecule has 9 nitrogen and oxygen atoms in total. The highest BCUT2D eigenvalue weighted by molar-refractivity contribution is 5.90. The molecule has 0 unspecified atom stereocenters. The summed E-state index contributed by atoms with van der Waals surface area (Å²) in [5.74, 6) is 1.95. The summed E-state index contributed by atoms with van der Waals surface area (Å²) < 4.78 is 7.13. The van der Waals surface area contributed by atoms with Crippen LogP contribution in [0.25, 0.3) is 5.82 Å². The fourth-order valence-electron chi connectivity index (χ4n) is 2.36. The molecule has 0 aliphatic rings. The Balaban J connectivity index is 1.45.